The summed E-state index contributed by atoms with van der Waals surface area (Å²) in [5, 5.41) is 5.79. The van der Waals surface area contributed by atoms with Crippen molar-refractivity contribution in [3.05, 3.63) is 102 Å². The number of carbonyl (C=O) groups excluding carboxylic acids is 1. The number of nitrogens with one attached hydrogen (secondary N) is 1. The summed E-state index contributed by atoms with van der Waals surface area (Å²) in [6, 6.07) is 18.4. The molecule has 1 fully saturated rings. The Kier molecular flexibility index (Phi) is 7.00. The standard InChI is InChI=1S/C29H30N4O2/c1-21-2-4-26(16-28(21)32-17-22-6-9-30-10-7-22)29(34)33-12-13-35-20-24(19-33)14-23-3-5-27-18-31-11-8-25(27)15-23/h2-11,15-16,18,24,32H,12-14,17,19-20H2,1H3/t24-/m0/s1. The van der Waals surface area contributed by atoms with E-state index in [9.17, 15) is 4.79 Å². The highest BCUT2D eigenvalue weighted by molar-refractivity contribution is 5.95. The van der Waals surface area contributed by atoms with Crippen LogP contribution in [-0.2, 0) is 17.7 Å². The Morgan fingerprint density at radius 1 is 1.00 bits per heavy atom. The predicted octanol–water partition coefficient (Wildman–Crippen LogP) is 4.88. The molecule has 1 amide bonds. The maximum Gasteiger partial charge on any atom is 0.254 e. The molecule has 35 heavy (non-hydrogen) atoms. The molecule has 0 saturated carbocycles. The number of aryl methyl sites for hydroxylation is 1. The van der Waals surface area contributed by atoms with Crippen LogP contribution in [0.3, 0.4) is 0 Å². The Labute approximate surface area is 206 Å². The molecule has 2 aromatic heterocycles. The van der Waals surface area contributed by atoms with Crippen molar-refractivity contribution < 1.29 is 9.53 Å². The largest absolute Gasteiger partial charge is 0.381 e. The van der Waals surface area contributed by atoms with Crippen molar-refractivity contribution in [2.45, 2.75) is 19.9 Å². The van der Waals surface area contributed by atoms with Crippen LogP contribution >= 0.6 is 0 Å². The highest BCUT2D eigenvalue weighted by atomic mass is 16.5. The van der Waals surface area contributed by atoms with Crippen LogP contribution in [0, 0.1) is 12.8 Å². The summed E-state index contributed by atoms with van der Waals surface area (Å²) in [6.07, 6.45) is 8.15. The second-order valence-electron chi connectivity index (χ2n) is 9.19. The van der Waals surface area contributed by atoms with Crippen molar-refractivity contribution in [2.24, 2.45) is 5.92 Å². The summed E-state index contributed by atoms with van der Waals surface area (Å²) in [5.41, 5.74) is 5.19. The van der Waals surface area contributed by atoms with E-state index in [0.717, 1.165) is 28.6 Å². The highest BCUT2D eigenvalue weighted by Crippen LogP contribution is 2.22. The molecular formula is C29H30N4O2. The Bertz CT molecular complexity index is 1310. The molecule has 2 aromatic carbocycles. The van der Waals surface area contributed by atoms with Crippen LogP contribution in [0.1, 0.15) is 27.0 Å². The number of amides is 1. The van der Waals surface area contributed by atoms with Crippen LogP contribution in [0.5, 0.6) is 0 Å². The third kappa shape index (κ3) is 5.66. The number of rotatable bonds is 6. The smallest absolute Gasteiger partial charge is 0.254 e. The van der Waals surface area contributed by atoms with Crippen LogP contribution in [0.15, 0.2) is 79.4 Å². The van der Waals surface area contributed by atoms with Gasteiger partial charge in [0.2, 0.25) is 0 Å². The zero-order valence-corrected chi connectivity index (χ0v) is 20.0. The molecule has 6 heteroatoms. The van der Waals surface area contributed by atoms with Gasteiger partial charge in [-0.05, 0) is 65.8 Å². The number of pyridine rings is 2. The van der Waals surface area contributed by atoms with Crippen LogP contribution in [0.2, 0.25) is 0 Å². The average molecular weight is 467 g/mol. The number of fused-ring (bicyclic) bond motifs is 1. The Morgan fingerprint density at radius 3 is 2.74 bits per heavy atom. The molecule has 178 valence electrons. The van der Waals surface area contributed by atoms with E-state index < -0.39 is 0 Å². The molecule has 0 radical (unpaired) electrons. The minimum atomic E-state index is 0.0528. The van der Waals surface area contributed by atoms with E-state index in [1.165, 1.54) is 10.9 Å². The molecular weight excluding hydrogens is 436 g/mol. The number of benzene rings is 2. The van der Waals surface area contributed by atoms with Gasteiger partial charge in [-0.15, -0.1) is 0 Å². The predicted molar refractivity (Wildman–Crippen MR) is 138 cm³/mol. The fourth-order valence-corrected chi connectivity index (χ4v) is 4.61. The summed E-state index contributed by atoms with van der Waals surface area (Å²) in [6.45, 7) is 5.24. The van der Waals surface area contributed by atoms with Gasteiger partial charge >= 0.3 is 0 Å². The topological polar surface area (TPSA) is 67.4 Å². The molecule has 1 aliphatic rings. The highest BCUT2D eigenvalue weighted by Gasteiger charge is 2.24. The van der Waals surface area contributed by atoms with E-state index in [1.807, 2.05) is 53.7 Å². The molecule has 3 heterocycles. The summed E-state index contributed by atoms with van der Waals surface area (Å²) in [5.74, 6) is 0.299. The molecule has 1 saturated heterocycles. The maximum absolute atomic E-state index is 13.5. The van der Waals surface area contributed by atoms with E-state index in [4.69, 9.17) is 4.74 Å². The Hall–Kier alpha value is -3.77. The first kappa shape index (κ1) is 23.0. The number of ether oxygens (including phenoxy) is 1. The normalized spacial score (nSPS) is 16.1. The zero-order chi connectivity index (χ0) is 24.0. The van der Waals surface area contributed by atoms with E-state index in [0.29, 0.717) is 38.4 Å². The van der Waals surface area contributed by atoms with Crippen LogP contribution in [0.25, 0.3) is 10.8 Å². The number of carbonyl (C=O) groups is 1. The summed E-state index contributed by atoms with van der Waals surface area (Å²) in [7, 11) is 0. The lowest BCUT2D eigenvalue weighted by Crippen LogP contribution is -2.36. The van der Waals surface area contributed by atoms with Gasteiger partial charge in [0, 0.05) is 67.0 Å². The molecule has 0 unspecified atom stereocenters. The molecule has 4 aromatic rings. The number of anilines is 1. The van der Waals surface area contributed by atoms with Gasteiger partial charge in [0.15, 0.2) is 0 Å². The third-order valence-corrected chi connectivity index (χ3v) is 6.57. The molecule has 5 rings (SSSR count). The first-order valence-electron chi connectivity index (χ1n) is 12.1. The third-order valence-electron chi connectivity index (χ3n) is 6.57. The lowest BCUT2D eigenvalue weighted by Gasteiger charge is -2.24. The molecule has 1 N–H and O–H groups in total. The van der Waals surface area contributed by atoms with Crippen molar-refractivity contribution in [3.63, 3.8) is 0 Å². The van der Waals surface area contributed by atoms with Gasteiger partial charge in [0.05, 0.1) is 13.2 Å². The van der Waals surface area contributed by atoms with Crippen molar-refractivity contribution >= 4 is 22.4 Å². The van der Waals surface area contributed by atoms with Crippen molar-refractivity contribution in [3.8, 4) is 0 Å². The number of hydrogen-bond donors (Lipinski definition) is 1. The number of aromatic nitrogens is 2. The number of hydrogen-bond acceptors (Lipinski definition) is 5. The first-order chi connectivity index (χ1) is 17.2. The minimum absolute atomic E-state index is 0.0528. The summed E-state index contributed by atoms with van der Waals surface area (Å²) >= 11 is 0. The van der Waals surface area contributed by atoms with Gasteiger partial charge in [0.25, 0.3) is 5.91 Å². The summed E-state index contributed by atoms with van der Waals surface area (Å²) in [4.78, 5) is 23.7. The fraction of sp³-hybridized carbons (Fsp3) is 0.276. The van der Waals surface area contributed by atoms with Crippen molar-refractivity contribution in [1.29, 1.82) is 0 Å². The maximum atomic E-state index is 13.5. The van der Waals surface area contributed by atoms with Gasteiger partial charge in [0.1, 0.15) is 0 Å². The molecule has 0 aliphatic carbocycles. The van der Waals surface area contributed by atoms with Crippen molar-refractivity contribution in [1.82, 2.24) is 14.9 Å². The van der Waals surface area contributed by atoms with Crippen molar-refractivity contribution in [2.75, 3.05) is 31.6 Å². The fourth-order valence-electron chi connectivity index (χ4n) is 4.61. The first-order valence-corrected chi connectivity index (χ1v) is 12.1. The van der Waals surface area contributed by atoms with E-state index in [-0.39, 0.29) is 11.8 Å². The van der Waals surface area contributed by atoms with Gasteiger partial charge < -0.3 is 15.0 Å². The zero-order valence-electron chi connectivity index (χ0n) is 20.0. The van der Waals surface area contributed by atoms with Gasteiger partial charge in [-0.25, -0.2) is 0 Å². The molecule has 0 bridgehead atoms. The second kappa shape index (κ2) is 10.7. The Balaban J connectivity index is 1.28. The molecule has 1 aliphatic heterocycles. The van der Waals surface area contributed by atoms with Crippen LogP contribution in [0.4, 0.5) is 5.69 Å². The lowest BCUT2D eigenvalue weighted by molar-refractivity contribution is 0.0737. The molecule has 1 atom stereocenters. The van der Waals surface area contributed by atoms with E-state index in [2.05, 4.69) is 40.4 Å². The van der Waals surface area contributed by atoms with Crippen LogP contribution in [-0.4, -0.2) is 47.1 Å². The quantitative estimate of drug-likeness (QED) is 0.439. The van der Waals surface area contributed by atoms with Gasteiger partial charge in [-0.2, -0.15) is 0 Å². The summed E-state index contributed by atoms with van der Waals surface area (Å²) < 4.78 is 5.89. The molecule has 0 spiro atoms. The van der Waals surface area contributed by atoms with E-state index >= 15 is 0 Å². The lowest BCUT2D eigenvalue weighted by atomic mass is 9.97. The molecule has 6 nitrogen and oxygen atoms in total. The minimum Gasteiger partial charge on any atom is -0.381 e. The van der Waals surface area contributed by atoms with E-state index in [1.54, 1.807) is 12.4 Å². The SMILES string of the molecule is Cc1ccc(C(=O)N2CCOC[C@@H](Cc3ccc4cnccc4c3)C2)cc1NCc1ccncc1. The van der Waals surface area contributed by atoms with Crippen LogP contribution < -0.4 is 5.32 Å². The van der Waals surface area contributed by atoms with Gasteiger partial charge in [-0.3, -0.25) is 14.8 Å². The monoisotopic (exact) mass is 466 g/mol. The van der Waals surface area contributed by atoms with Gasteiger partial charge in [-0.1, -0.05) is 24.3 Å². The number of nitrogens with zero attached hydrogens (tertiary/aromatic N) is 3. The average Bonchev–Trinajstić information content (AvgIpc) is 3.14. The Morgan fingerprint density at radius 2 is 1.86 bits per heavy atom. The second-order valence-corrected chi connectivity index (χ2v) is 9.19.